The lowest BCUT2D eigenvalue weighted by Gasteiger charge is -2.26. The summed E-state index contributed by atoms with van der Waals surface area (Å²) in [4.78, 5) is 17.9. The molecule has 0 unspecified atom stereocenters. The van der Waals surface area contributed by atoms with Crippen molar-refractivity contribution in [3.63, 3.8) is 0 Å². The Balaban J connectivity index is 1.48. The minimum atomic E-state index is -3.64. The number of imidazole rings is 1. The molecule has 2 heterocycles. The molecule has 0 saturated carbocycles. The molecule has 13 heteroatoms. The lowest BCUT2D eigenvalue weighted by molar-refractivity contribution is -0.113. The van der Waals surface area contributed by atoms with Crippen molar-refractivity contribution >= 4 is 54.4 Å². The summed E-state index contributed by atoms with van der Waals surface area (Å²) < 4.78 is 57.8. The van der Waals surface area contributed by atoms with Gasteiger partial charge in [0, 0.05) is 31.9 Å². The highest BCUT2D eigenvalue weighted by Crippen LogP contribution is 2.28. The first-order valence-electron chi connectivity index (χ1n) is 14.2. The molecule has 1 aliphatic rings. The van der Waals surface area contributed by atoms with Crippen LogP contribution in [0.5, 0.6) is 0 Å². The Morgan fingerprint density at radius 2 is 1.71 bits per heavy atom. The molecule has 1 aliphatic heterocycles. The molecule has 3 aromatic rings. The zero-order valence-corrected chi connectivity index (χ0v) is 26.1. The number of anilines is 1. The third-order valence-corrected chi connectivity index (χ3v) is 11.3. The fourth-order valence-electron chi connectivity index (χ4n) is 4.67. The zero-order valence-electron chi connectivity index (χ0n) is 23.6. The number of nitrogens with zero attached hydrogens (tertiary/aromatic N) is 3. The Hall–Kier alpha value is -2.45. The van der Waals surface area contributed by atoms with Gasteiger partial charge in [0.1, 0.15) is 0 Å². The van der Waals surface area contributed by atoms with E-state index in [-0.39, 0.29) is 21.5 Å². The molecule has 41 heavy (non-hydrogen) atoms. The quantitative estimate of drug-likeness (QED) is 0.195. The largest absolute Gasteiger partial charge is 0.325 e. The fraction of sp³-hybridized carbons (Fsp3) is 0.500. The summed E-state index contributed by atoms with van der Waals surface area (Å²) in [7, 11) is -7.25. The van der Waals surface area contributed by atoms with Gasteiger partial charge in [0.05, 0.1) is 26.6 Å². The van der Waals surface area contributed by atoms with Gasteiger partial charge in [-0.05, 0) is 62.1 Å². The van der Waals surface area contributed by atoms with Crippen molar-refractivity contribution in [3.8, 4) is 0 Å². The molecule has 1 amide bonds. The molecular formula is C28H39N5O5S3. The van der Waals surface area contributed by atoms with E-state index in [4.69, 9.17) is 0 Å². The first kappa shape index (κ1) is 31.5. The SMILES string of the molecule is CCCCNS(=O)(=O)c1ccc2nc(SCC(=O)Nc3cccc(S(=O)(=O)N4CCCCC4)c3)n(CCCC)c2c1. The molecule has 1 fully saturated rings. The predicted molar refractivity (Wildman–Crippen MR) is 163 cm³/mol. The van der Waals surface area contributed by atoms with Crippen LogP contribution >= 0.6 is 11.8 Å². The molecule has 4 rings (SSSR count). The molecule has 0 spiro atoms. The number of piperidine rings is 1. The van der Waals surface area contributed by atoms with Gasteiger partial charge in [0.2, 0.25) is 26.0 Å². The van der Waals surface area contributed by atoms with Gasteiger partial charge in [0.15, 0.2) is 5.16 Å². The summed E-state index contributed by atoms with van der Waals surface area (Å²) >= 11 is 1.26. The number of aromatic nitrogens is 2. The molecule has 0 bridgehead atoms. The Bertz CT molecular complexity index is 1560. The summed E-state index contributed by atoms with van der Waals surface area (Å²) in [5.41, 5.74) is 1.78. The van der Waals surface area contributed by atoms with Gasteiger partial charge < -0.3 is 9.88 Å². The van der Waals surface area contributed by atoms with E-state index in [1.807, 2.05) is 11.5 Å². The lowest BCUT2D eigenvalue weighted by atomic mass is 10.2. The number of hydrogen-bond donors (Lipinski definition) is 2. The van der Waals surface area contributed by atoms with Crippen LogP contribution in [-0.2, 0) is 31.4 Å². The summed E-state index contributed by atoms with van der Waals surface area (Å²) in [5.74, 6) is -0.234. The molecular weight excluding hydrogens is 583 g/mol. The van der Waals surface area contributed by atoms with E-state index in [1.165, 1.54) is 22.1 Å². The van der Waals surface area contributed by atoms with Crippen molar-refractivity contribution < 1.29 is 21.6 Å². The average molecular weight is 622 g/mol. The molecule has 1 aromatic heterocycles. The number of hydrogen-bond acceptors (Lipinski definition) is 7. The maximum absolute atomic E-state index is 13.1. The van der Waals surface area contributed by atoms with Crippen LogP contribution in [0.2, 0.25) is 0 Å². The standard InChI is InChI=1S/C28H39N5O5S3/c1-3-5-15-29-40(35,36)23-13-14-25-26(20-23)33(18-6-4-2)28(31-25)39-21-27(34)30-22-11-10-12-24(19-22)41(37,38)32-16-8-7-9-17-32/h10-14,19-20,29H,3-9,15-18,21H2,1-2H3,(H,30,34). The zero-order chi connectivity index (χ0) is 29.5. The minimum absolute atomic E-state index is 0.0578. The molecule has 224 valence electrons. The van der Waals surface area contributed by atoms with Crippen molar-refractivity contribution in [2.24, 2.45) is 0 Å². The number of amides is 1. The summed E-state index contributed by atoms with van der Waals surface area (Å²) in [6, 6.07) is 11.3. The van der Waals surface area contributed by atoms with E-state index >= 15 is 0 Å². The average Bonchev–Trinajstić information content (AvgIpc) is 3.32. The van der Waals surface area contributed by atoms with Crippen LogP contribution < -0.4 is 10.0 Å². The van der Waals surface area contributed by atoms with Crippen molar-refractivity contribution in [1.82, 2.24) is 18.6 Å². The summed E-state index contributed by atoms with van der Waals surface area (Å²) in [5, 5.41) is 3.43. The third kappa shape index (κ3) is 7.89. The summed E-state index contributed by atoms with van der Waals surface area (Å²) in [6.07, 6.45) is 6.20. The van der Waals surface area contributed by atoms with Gasteiger partial charge >= 0.3 is 0 Å². The van der Waals surface area contributed by atoms with Crippen LogP contribution in [0.25, 0.3) is 11.0 Å². The first-order valence-corrected chi connectivity index (χ1v) is 18.1. The van der Waals surface area contributed by atoms with Crippen molar-refractivity contribution in [1.29, 1.82) is 0 Å². The number of fused-ring (bicyclic) bond motifs is 1. The second-order valence-corrected chi connectivity index (χ2v) is 14.8. The van der Waals surface area contributed by atoms with Crippen LogP contribution in [0, 0.1) is 0 Å². The molecule has 0 radical (unpaired) electrons. The normalized spacial score (nSPS) is 14.9. The van der Waals surface area contributed by atoms with Crippen LogP contribution in [-0.4, -0.2) is 62.0 Å². The summed E-state index contributed by atoms with van der Waals surface area (Å²) in [6.45, 7) is 6.13. The minimum Gasteiger partial charge on any atom is -0.325 e. The van der Waals surface area contributed by atoms with Crippen LogP contribution in [0.1, 0.15) is 58.8 Å². The highest BCUT2D eigenvalue weighted by Gasteiger charge is 2.26. The van der Waals surface area contributed by atoms with Gasteiger partial charge in [-0.2, -0.15) is 4.31 Å². The van der Waals surface area contributed by atoms with Crippen molar-refractivity contribution in [2.75, 3.05) is 30.7 Å². The fourth-order valence-corrected chi connectivity index (χ4v) is 8.17. The van der Waals surface area contributed by atoms with E-state index in [1.54, 1.807) is 36.4 Å². The highest BCUT2D eigenvalue weighted by molar-refractivity contribution is 7.99. The molecule has 10 nitrogen and oxygen atoms in total. The maximum atomic E-state index is 13.1. The van der Waals surface area contributed by atoms with E-state index in [0.717, 1.165) is 44.9 Å². The van der Waals surface area contributed by atoms with Crippen molar-refractivity contribution in [3.05, 3.63) is 42.5 Å². The molecule has 0 atom stereocenters. The van der Waals surface area contributed by atoms with Crippen LogP contribution in [0.15, 0.2) is 57.4 Å². The Morgan fingerprint density at radius 1 is 0.951 bits per heavy atom. The molecule has 0 aliphatic carbocycles. The maximum Gasteiger partial charge on any atom is 0.243 e. The van der Waals surface area contributed by atoms with E-state index in [2.05, 4.69) is 21.9 Å². The van der Waals surface area contributed by atoms with E-state index in [0.29, 0.717) is 48.1 Å². The number of rotatable bonds is 14. The van der Waals surface area contributed by atoms with Gasteiger partial charge in [-0.25, -0.2) is 26.5 Å². The number of carbonyl (C=O) groups excluding carboxylic acids is 1. The van der Waals surface area contributed by atoms with E-state index in [9.17, 15) is 21.6 Å². The first-order chi connectivity index (χ1) is 19.7. The second-order valence-electron chi connectivity index (χ2n) is 10.1. The molecule has 2 N–H and O–H groups in total. The van der Waals surface area contributed by atoms with Gasteiger partial charge in [-0.1, -0.05) is 50.9 Å². The predicted octanol–water partition coefficient (Wildman–Crippen LogP) is 4.82. The Kier molecular flexibility index (Phi) is 10.9. The van der Waals surface area contributed by atoms with Gasteiger partial charge in [-0.3, -0.25) is 4.79 Å². The molecule has 2 aromatic carbocycles. The van der Waals surface area contributed by atoms with Gasteiger partial charge in [0.25, 0.3) is 0 Å². The third-order valence-electron chi connectivity index (χ3n) is 6.96. The van der Waals surface area contributed by atoms with Crippen LogP contribution in [0.3, 0.4) is 0 Å². The number of carbonyl (C=O) groups is 1. The number of unbranched alkanes of at least 4 members (excludes halogenated alkanes) is 2. The smallest absolute Gasteiger partial charge is 0.243 e. The van der Waals surface area contributed by atoms with Crippen molar-refractivity contribution in [2.45, 2.75) is 80.3 Å². The lowest BCUT2D eigenvalue weighted by Crippen LogP contribution is -2.35. The number of thioether (sulfide) groups is 1. The number of sulfonamides is 2. The van der Waals surface area contributed by atoms with E-state index < -0.39 is 20.0 Å². The molecule has 1 saturated heterocycles. The number of nitrogens with one attached hydrogen (secondary N) is 2. The highest BCUT2D eigenvalue weighted by atomic mass is 32.2. The van der Waals surface area contributed by atoms with Gasteiger partial charge in [-0.15, -0.1) is 0 Å². The number of aryl methyl sites for hydroxylation is 1. The topological polar surface area (TPSA) is 130 Å². The Labute approximate surface area is 247 Å². The number of benzene rings is 2. The van der Waals surface area contributed by atoms with Crippen LogP contribution in [0.4, 0.5) is 5.69 Å². The monoisotopic (exact) mass is 621 g/mol. The second kappa shape index (κ2) is 14.1. The Morgan fingerprint density at radius 3 is 2.44 bits per heavy atom.